The zero-order chi connectivity index (χ0) is 15.8. The summed E-state index contributed by atoms with van der Waals surface area (Å²) < 4.78 is 0. The lowest BCUT2D eigenvalue weighted by atomic mass is 10.1. The molecule has 0 spiro atoms. The van der Waals surface area contributed by atoms with E-state index in [0.29, 0.717) is 6.42 Å². The summed E-state index contributed by atoms with van der Waals surface area (Å²) in [6, 6.07) is 0. The van der Waals surface area contributed by atoms with E-state index in [9.17, 15) is 4.79 Å². The van der Waals surface area contributed by atoms with Crippen molar-refractivity contribution in [3.8, 4) is 0 Å². The van der Waals surface area contributed by atoms with Gasteiger partial charge in [-0.25, -0.2) is 0 Å². The molecule has 0 aliphatic carbocycles. The molecule has 0 radical (unpaired) electrons. The fourth-order valence-electron chi connectivity index (χ4n) is 1.93. The molecule has 0 fully saturated rings. The summed E-state index contributed by atoms with van der Waals surface area (Å²) in [6.45, 7) is 6.18. The molecule has 0 unspecified atom stereocenters. The highest BCUT2D eigenvalue weighted by Crippen LogP contribution is 2.11. The molecule has 0 saturated heterocycles. The van der Waals surface area contributed by atoms with E-state index in [0.717, 1.165) is 56.9 Å². The molecule has 0 amide bonds. The number of carboxylic acid groups (broad SMARTS) is 1. The first-order valence-corrected chi connectivity index (χ1v) is 8.04. The van der Waals surface area contributed by atoms with Gasteiger partial charge in [-0.1, -0.05) is 74.8 Å². The monoisotopic (exact) mass is 290 g/mol. The van der Waals surface area contributed by atoms with Crippen LogP contribution in [-0.2, 0) is 4.79 Å². The van der Waals surface area contributed by atoms with Gasteiger partial charge < -0.3 is 5.11 Å². The van der Waals surface area contributed by atoms with Gasteiger partial charge in [0.05, 0.1) is 0 Å². The molecule has 118 valence electrons. The van der Waals surface area contributed by atoms with Crippen LogP contribution in [0, 0.1) is 0 Å². The third-order valence-electron chi connectivity index (χ3n) is 3.14. The number of hydrogen-bond donors (Lipinski definition) is 1. The van der Waals surface area contributed by atoms with E-state index in [4.69, 9.17) is 5.11 Å². The Balaban J connectivity index is 3.49. The minimum absolute atomic E-state index is 0.301. The van der Waals surface area contributed by atoms with Crippen molar-refractivity contribution in [2.75, 3.05) is 0 Å². The van der Waals surface area contributed by atoms with Gasteiger partial charge in [0.25, 0.3) is 0 Å². The zero-order valence-corrected chi connectivity index (χ0v) is 13.4. The van der Waals surface area contributed by atoms with Crippen LogP contribution in [0.2, 0.25) is 0 Å². The summed E-state index contributed by atoms with van der Waals surface area (Å²) >= 11 is 0. The molecular weight excluding hydrogens is 260 g/mol. The SMILES string of the molecule is C=C(/C=C/C=C\C/C=C\CC)CCCCCCCC(=O)O. The fourth-order valence-corrected chi connectivity index (χ4v) is 1.93. The van der Waals surface area contributed by atoms with Crippen LogP contribution >= 0.6 is 0 Å². The summed E-state index contributed by atoms with van der Waals surface area (Å²) in [4.78, 5) is 10.3. The Hall–Kier alpha value is -1.57. The maximum Gasteiger partial charge on any atom is 0.303 e. The third-order valence-corrected chi connectivity index (χ3v) is 3.14. The second-order valence-corrected chi connectivity index (χ2v) is 5.22. The molecule has 0 aliphatic heterocycles. The van der Waals surface area contributed by atoms with Crippen molar-refractivity contribution in [1.29, 1.82) is 0 Å². The van der Waals surface area contributed by atoms with Crippen molar-refractivity contribution in [3.63, 3.8) is 0 Å². The van der Waals surface area contributed by atoms with Gasteiger partial charge in [-0.15, -0.1) is 0 Å². The van der Waals surface area contributed by atoms with Crippen LogP contribution in [0.3, 0.4) is 0 Å². The van der Waals surface area contributed by atoms with Crippen molar-refractivity contribution >= 4 is 5.97 Å². The number of rotatable bonds is 13. The average Bonchev–Trinajstić information content (AvgIpc) is 2.45. The molecule has 1 N–H and O–H groups in total. The van der Waals surface area contributed by atoms with Gasteiger partial charge in [0.2, 0.25) is 0 Å². The highest BCUT2D eigenvalue weighted by atomic mass is 16.4. The standard InChI is InChI=1S/C19H30O2/c1-3-4-5-6-7-9-12-15-18(2)16-13-10-8-11-14-17-19(20)21/h4-5,7,9,12,15H,2-3,6,8,10-11,13-14,16-17H2,1H3,(H,20,21)/b5-4-,9-7-,15-12+. The predicted octanol–water partition coefficient (Wildman–Crippen LogP) is 5.83. The van der Waals surface area contributed by atoms with Crippen LogP contribution in [0.5, 0.6) is 0 Å². The second-order valence-electron chi connectivity index (χ2n) is 5.22. The topological polar surface area (TPSA) is 37.3 Å². The highest BCUT2D eigenvalue weighted by molar-refractivity contribution is 5.66. The maximum atomic E-state index is 10.3. The van der Waals surface area contributed by atoms with E-state index < -0.39 is 5.97 Å². The smallest absolute Gasteiger partial charge is 0.303 e. The van der Waals surface area contributed by atoms with Gasteiger partial charge in [-0.2, -0.15) is 0 Å². The maximum absolute atomic E-state index is 10.3. The van der Waals surface area contributed by atoms with Gasteiger partial charge in [0.15, 0.2) is 0 Å². The van der Waals surface area contributed by atoms with Crippen molar-refractivity contribution in [3.05, 3.63) is 48.6 Å². The molecule has 0 atom stereocenters. The predicted molar refractivity (Wildman–Crippen MR) is 91.4 cm³/mol. The van der Waals surface area contributed by atoms with Crippen molar-refractivity contribution in [2.45, 2.75) is 64.7 Å². The summed E-state index contributed by atoms with van der Waals surface area (Å²) in [5.41, 5.74) is 1.16. The van der Waals surface area contributed by atoms with Crippen molar-refractivity contribution in [2.24, 2.45) is 0 Å². The van der Waals surface area contributed by atoms with Crippen LogP contribution in [0.15, 0.2) is 48.6 Å². The third kappa shape index (κ3) is 16.4. The molecule has 0 aromatic heterocycles. The van der Waals surface area contributed by atoms with E-state index in [-0.39, 0.29) is 0 Å². The van der Waals surface area contributed by atoms with Gasteiger partial charge in [-0.05, 0) is 32.1 Å². The van der Waals surface area contributed by atoms with Gasteiger partial charge >= 0.3 is 5.97 Å². The number of carbonyl (C=O) groups is 1. The quantitative estimate of drug-likeness (QED) is 0.263. The Morgan fingerprint density at radius 2 is 1.62 bits per heavy atom. The number of unbranched alkanes of at least 4 members (excludes halogenated alkanes) is 4. The van der Waals surface area contributed by atoms with Crippen molar-refractivity contribution in [1.82, 2.24) is 0 Å². The molecule has 0 aliphatic rings. The normalized spacial score (nSPS) is 11.9. The minimum Gasteiger partial charge on any atom is -0.481 e. The molecule has 21 heavy (non-hydrogen) atoms. The van der Waals surface area contributed by atoms with E-state index in [1.807, 2.05) is 0 Å². The number of carboxylic acids is 1. The first-order valence-electron chi connectivity index (χ1n) is 8.04. The van der Waals surface area contributed by atoms with E-state index >= 15 is 0 Å². The van der Waals surface area contributed by atoms with E-state index in [1.165, 1.54) is 0 Å². The Morgan fingerprint density at radius 1 is 0.952 bits per heavy atom. The van der Waals surface area contributed by atoms with Crippen LogP contribution < -0.4 is 0 Å². The van der Waals surface area contributed by atoms with E-state index in [2.05, 4.69) is 50.0 Å². The Bertz CT molecular complexity index is 362. The first-order chi connectivity index (χ1) is 10.2. The fraction of sp³-hybridized carbons (Fsp3) is 0.526. The summed E-state index contributed by atoms with van der Waals surface area (Å²) in [5, 5.41) is 8.52. The van der Waals surface area contributed by atoms with E-state index in [1.54, 1.807) is 0 Å². The molecule has 0 aromatic carbocycles. The lowest BCUT2D eigenvalue weighted by Gasteiger charge is -2.01. The Kier molecular flexibility index (Phi) is 13.7. The summed E-state index contributed by atoms with van der Waals surface area (Å²) in [6.07, 6.45) is 21.3. The molecule has 0 heterocycles. The molecule has 0 aromatic rings. The highest BCUT2D eigenvalue weighted by Gasteiger charge is 1.96. The van der Waals surface area contributed by atoms with Crippen LogP contribution in [-0.4, -0.2) is 11.1 Å². The number of hydrogen-bond acceptors (Lipinski definition) is 1. The van der Waals surface area contributed by atoms with Crippen molar-refractivity contribution < 1.29 is 9.90 Å². The minimum atomic E-state index is -0.688. The molecule has 0 bridgehead atoms. The summed E-state index contributed by atoms with van der Waals surface area (Å²) in [7, 11) is 0. The molecule has 0 rings (SSSR count). The Morgan fingerprint density at radius 3 is 2.29 bits per heavy atom. The summed E-state index contributed by atoms with van der Waals surface area (Å²) in [5.74, 6) is -0.688. The van der Waals surface area contributed by atoms with Gasteiger partial charge in [0.1, 0.15) is 0 Å². The van der Waals surface area contributed by atoms with Gasteiger partial charge in [0, 0.05) is 6.42 Å². The molecule has 2 heteroatoms. The van der Waals surface area contributed by atoms with Gasteiger partial charge in [-0.3, -0.25) is 4.79 Å². The zero-order valence-electron chi connectivity index (χ0n) is 13.4. The lowest BCUT2D eigenvalue weighted by Crippen LogP contribution is -1.93. The second kappa shape index (κ2) is 14.8. The van der Waals surface area contributed by atoms with Crippen LogP contribution in [0.1, 0.15) is 64.7 Å². The molecule has 2 nitrogen and oxygen atoms in total. The largest absolute Gasteiger partial charge is 0.481 e. The Labute approximate surface area is 130 Å². The molecular formula is C19H30O2. The lowest BCUT2D eigenvalue weighted by molar-refractivity contribution is -0.137. The number of allylic oxidation sites excluding steroid dienone is 7. The van der Waals surface area contributed by atoms with Crippen LogP contribution in [0.4, 0.5) is 0 Å². The first kappa shape index (κ1) is 19.4. The van der Waals surface area contributed by atoms with Crippen LogP contribution in [0.25, 0.3) is 0 Å². The average molecular weight is 290 g/mol. The number of aliphatic carboxylic acids is 1. The molecule has 0 saturated carbocycles.